The molecule has 0 heterocycles. The maximum atomic E-state index is 9.40. The van der Waals surface area contributed by atoms with E-state index >= 15 is 0 Å². The molecule has 0 saturated heterocycles. The van der Waals surface area contributed by atoms with Crippen molar-refractivity contribution in [2.75, 3.05) is 0 Å². The molecule has 0 spiro atoms. The predicted molar refractivity (Wildman–Crippen MR) is 39.6 cm³/mol. The Balaban J connectivity index is -0.000000143. The first-order valence-corrected chi connectivity index (χ1v) is 3.22. The number of rotatable bonds is 2. The van der Waals surface area contributed by atoms with Crippen molar-refractivity contribution >= 4 is 11.9 Å². The zero-order valence-corrected chi connectivity index (χ0v) is 8.25. The first-order chi connectivity index (χ1) is 5.54. The first kappa shape index (κ1) is 17.9. The van der Waals surface area contributed by atoms with Crippen LogP contribution in [0.5, 0.6) is 0 Å². The van der Waals surface area contributed by atoms with Crippen LogP contribution >= 0.6 is 0 Å². The van der Waals surface area contributed by atoms with Crippen molar-refractivity contribution in [3.8, 4) is 0 Å². The van der Waals surface area contributed by atoms with Gasteiger partial charge in [0.1, 0.15) is 0 Å². The van der Waals surface area contributed by atoms with Crippen molar-refractivity contribution in [3.05, 3.63) is 24.3 Å². The molecule has 0 fully saturated rings. The average Bonchev–Trinajstić information content (AvgIpc) is 1.87. The summed E-state index contributed by atoms with van der Waals surface area (Å²) in [5.41, 5.74) is 0. The van der Waals surface area contributed by atoms with Gasteiger partial charge in [-0.2, -0.15) is 0 Å². The number of carbonyl (C=O) groups excluding carboxylic acids is 2. The van der Waals surface area contributed by atoms with Gasteiger partial charge in [-0.1, -0.05) is 12.2 Å². The Morgan fingerprint density at radius 3 is 1.15 bits per heavy atom. The van der Waals surface area contributed by atoms with E-state index in [-0.39, 0.29) is 16.5 Å². The summed E-state index contributed by atoms with van der Waals surface area (Å²) in [4.78, 5) is 18.8. The van der Waals surface area contributed by atoms with E-state index in [9.17, 15) is 19.8 Å². The summed E-state index contributed by atoms with van der Waals surface area (Å²) in [6.07, 6.45) is 4.77. The molecule has 0 aliphatic rings. The smallest absolute Gasteiger partial charge is 0.545 e. The summed E-state index contributed by atoms with van der Waals surface area (Å²) in [5, 5.41) is 18.8. The molecular formula is C8H10NiO4. The van der Waals surface area contributed by atoms with Gasteiger partial charge in [0, 0.05) is 0 Å². The third-order valence-electron chi connectivity index (χ3n) is 0.605. The zero-order chi connectivity index (χ0) is 9.98. The summed E-state index contributed by atoms with van der Waals surface area (Å²) in [6.45, 7) is 3.24. The Morgan fingerprint density at radius 1 is 0.923 bits per heavy atom. The minimum Gasteiger partial charge on any atom is -0.545 e. The Bertz CT molecular complexity index is 174. The van der Waals surface area contributed by atoms with Gasteiger partial charge in [0.15, 0.2) is 0 Å². The van der Waals surface area contributed by atoms with Gasteiger partial charge in [0.05, 0.1) is 11.9 Å². The van der Waals surface area contributed by atoms with Crippen LogP contribution < -0.4 is 10.2 Å². The van der Waals surface area contributed by atoms with Crippen molar-refractivity contribution in [2.24, 2.45) is 0 Å². The number of allylic oxidation sites excluding steroid dienone is 2. The van der Waals surface area contributed by atoms with Gasteiger partial charge in [0.2, 0.25) is 0 Å². The fourth-order valence-corrected chi connectivity index (χ4v) is 0.272. The first-order valence-electron chi connectivity index (χ1n) is 3.22. The fraction of sp³-hybridized carbons (Fsp3) is 0.250. The standard InChI is InChI=1S/2C4H6O2.Ni/c2*1-2-3-4(5)6;/h2*2-3H,1H3,(H,5,6);/q;;+2/p-2/b2*3-2-;. The maximum absolute atomic E-state index is 9.40. The molecule has 4 nitrogen and oxygen atoms in total. The molecule has 0 saturated carbocycles. The van der Waals surface area contributed by atoms with Crippen molar-refractivity contribution in [2.45, 2.75) is 13.8 Å². The molecule has 5 heteroatoms. The molecule has 0 aromatic carbocycles. The second kappa shape index (κ2) is 13.5. The number of hydrogen-bond acceptors (Lipinski definition) is 4. The van der Waals surface area contributed by atoms with Gasteiger partial charge in [-0.15, -0.1) is 0 Å². The zero-order valence-electron chi connectivity index (χ0n) is 7.26. The quantitative estimate of drug-likeness (QED) is 0.431. The summed E-state index contributed by atoms with van der Waals surface area (Å²) in [7, 11) is 0. The van der Waals surface area contributed by atoms with Gasteiger partial charge in [-0.05, 0) is 26.0 Å². The van der Waals surface area contributed by atoms with Gasteiger partial charge in [0.25, 0.3) is 0 Å². The Kier molecular flexibility index (Phi) is 18.5. The van der Waals surface area contributed by atoms with Crippen molar-refractivity contribution in [1.29, 1.82) is 0 Å². The van der Waals surface area contributed by atoms with E-state index in [1.165, 1.54) is 12.2 Å². The second-order valence-electron chi connectivity index (χ2n) is 1.64. The number of aliphatic carboxylic acids is 2. The number of carbonyl (C=O) groups is 2. The van der Waals surface area contributed by atoms with E-state index in [2.05, 4.69) is 0 Å². The van der Waals surface area contributed by atoms with Gasteiger partial charge in [-0.3, -0.25) is 0 Å². The van der Waals surface area contributed by atoms with Gasteiger partial charge in [-0.25, -0.2) is 0 Å². The summed E-state index contributed by atoms with van der Waals surface area (Å²) in [5.74, 6) is -2.28. The molecule has 0 N–H and O–H groups in total. The number of carboxylic acid groups (broad SMARTS) is 2. The molecule has 0 aromatic heterocycles. The van der Waals surface area contributed by atoms with Crippen LogP contribution in [0.25, 0.3) is 0 Å². The molecule has 0 unspecified atom stereocenters. The summed E-state index contributed by atoms with van der Waals surface area (Å²) in [6, 6.07) is 0. The third-order valence-corrected chi connectivity index (χ3v) is 0.605. The molecule has 0 bridgehead atoms. The largest absolute Gasteiger partial charge is 2.00 e. The maximum Gasteiger partial charge on any atom is 2.00 e. The monoisotopic (exact) mass is 228 g/mol. The van der Waals surface area contributed by atoms with E-state index in [1.807, 2.05) is 0 Å². The molecule has 0 atom stereocenters. The molecule has 0 rings (SSSR count). The molecule has 0 amide bonds. The Morgan fingerprint density at radius 2 is 1.15 bits per heavy atom. The summed E-state index contributed by atoms with van der Waals surface area (Å²) < 4.78 is 0. The fourth-order valence-electron chi connectivity index (χ4n) is 0.272. The van der Waals surface area contributed by atoms with Gasteiger partial charge < -0.3 is 19.8 Å². The van der Waals surface area contributed by atoms with E-state index in [0.29, 0.717) is 0 Å². The van der Waals surface area contributed by atoms with Crippen LogP contribution in [-0.2, 0) is 26.1 Å². The normalized spacial score (nSPS) is 8.77. The minimum absolute atomic E-state index is 0. The molecular weight excluding hydrogens is 219 g/mol. The molecule has 76 valence electrons. The van der Waals surface area contributed by atoms with Crippen LogP contribution in [0.15, 0.2) is 24.3 Å². The van der Waals surface area contributed by atoms with Crippen LogP contribution in [0.4, 0.5) is 0 Å². The SMILES string of the molecule is C/C=C\C(=O)[O-].C/C=C\C(=O)[O-].[Ni+2]. The van der Waals surface area contributed by atoms with Crippen molar-refractivity contribution < 1.29 is 36.3 Å². The number of hydrogen-bond donors (Lipinski definition) is 0. The average molecular weight is 229 g/mol. The van der Waals surface area contributed by atoms with E-state index < -0.39 is 11.9 Å². The topological polar surface area (TPSA) is 80.3 Å². The second-order valence-corrected chi connectivity index (χ2v) is 1.64. The third kappa shape index (κ3) is 35.9. The van der Waals surface area contributed by atoms with Crippen LogP contribution in [0.1, 0.15) is 13.8 Å². The molecule has 0 radical (unpaired) electrons. The van der Waals surface area contributed by atoms with E-state index in [0.717, 1.165) is 12.2 Å². The minimum atomic E-state index is -1.14. The van der Waals surface area contributed by atoms with Crippen molar-refractivity contribution in [3.63, 3.8) is 0 Å². The Hall–Kier alpha value is -1.09. The molecule has 0 aromatic rings. The van der Waals surface area contributed by atoms with Crippen LogP contribution in [0.2, 0.25) is 0 Å². The van der Waals surface area contributed by atoms with E-state index in [1.54, 1.807) is 13.8 Å². The van der Waals surface area contributed by atoms with Crippen LogP contribution in [-0.4, -0.2) is 11.9 Å². The van der Waals surface area contributed by atoms with E-state index in [4.69, 9.17) is 0 Å². The van der Waals surface area contributed by atoms with Crippen LogP contribution in [0.3, 0.4) is 0 Å². The van der Waals surface area contributed by atoms with Crippen molar-refractivity contribution in [1.82, 2.24) is 0 Å². The molecule has 0 aliphatic heterocycles. The molecule has 0 aliphatic carbocycles. The van der Waals surface area contributed by atoms with Gasteiger partial charge >= 0.3 is 16.5 Å². The Labute approximate surface area is 86.9 Å². The van der Waals surface area contributed by atoms with Crippen LogP contribution in [0, 0.1) is 0 Å². The number of carboxylic acids is 2. The predicted octanol–water partition coefficient (Wildman–Crippen LogP) is -1.38. The summed E-state index contributed by atoms with van der Waals surface area (Å²) >= 11 is 0. The molecule has 13 heavy (non-hydrogen) atoms.